The van der Waals surface area contributed by atoms with Gasteiger partial charge < -0.3 is 9.47 Å². The van der Waals surface area contributed by atoms with E-state index < -0.39 is 0 Å². The molecule has 1 unspecified atom stereocenters. The fraction of sp³-hybridized carbons (Fsp3) is 0.800. The highest BCUT2D eigenvalue weighted by molar-refractivity contribution is 5.88. The third kappa shape index (κ3) is 2.69. The lowest BCUT2D eigenvalue weighted by atomic mass is 9.89. The number of rotatable bonds is 3. The Bertz CT molecular complexity index is 520. The van der Waals surface area contributed by atoms with Crippen molar-refractivity contribution in [2.45, 2.75) is 64.0 Å². The van der Waals surface area contributed by atoms with Crippen molar-refractivity contribution in [2.24, 2.45) is 0 Å². The van der Waals surface area contributed by atoms with Gasteiger partial charge in [0.15, 0.2) is 5.69 Å². The molecular weight excluding hydrogens is 270 g/mol. The highest BCUT2D eigenvalue weighted by atomic mass is 16.5. The summed E-state index contributed by atoms with van der Waals surface area (Å²) >= 11 is 0. The lowest BCUT2D eigenvalue weighted by molar-refractivity contribution is -0.0914. The third-order valence-corrected chi connectivity index (χ3v) is 4.72. The molecule has 1 atom stereocenters. The zero-order chi connectivity index (χ0) is 14.9. The zero-order valence-corrected chi connectivity index (χ0v) is 12.8. The minimum Gasteiger partial charge on any atom is -0.461 e. The Hall–Kier alpha value is -1.43. The molecule has 3 rings (SSSR count). The van der Waals surface area contributed by atoms with Crippen molar-refractivity contribution in [3.8, 4) is 0 Å². The van der Waals surface area contributed by atoms with Crippen molar-refractivity contribution in [2.75, 3.05) is 13.2 Å². The molecule has 0 radical (unpaired) electrons. The lowest BCUT2D eigenvalue weighted by Crippen LogP contribution is -2.38. The molecule has 1 saturated heterocycles. The summed E-state index contributed by atoms with van der Waals surface area (Å²) in [4.78, 5) is 11.8. The van der Waals surface area contributed by atoms with E-state index in [1.54, 1.807) is 6.92 Å². The van der Waals surface area contributed by atoms with Gasteiger partial charge in [0.2, 0.25) is 0 Å². The molecule has 21 heavy (non-hydrogen) atoms. The van der Waals surface area contributed by atoms with Crippen LogP contribution in [0.5, 0.6) is 0 Å². The third-order valence-electron chi connectivity index (χ3n) is 4.72. The highest BCUT2D eigenvalue weighted by Gasteiger charge is 2.41. The summed E-state index contributed by atoms with van der Waals surface area (Å²) in [5, 5.41) is 8.23. The summed E-state index contributed by atoms with van der Waals surface area (Å²) in [6.07, 6.45) is 6.67. The fourth-order valence-corrected chi connectivity index (χ4v) is 3.65. The van der Waals surface area contributed by atoms with Crippen molar-refractivity contribution < 1.29 is 14.3 Å². The Kier molecular flexibility index (Phi) is 3.97. The van der Waals surface area contributed by atoms with E-state index in [1.165, 1.54) is 12.8 Å². The van der Waals surface area contributed by atoms with Crippen LogP contribution in [0, 0.1) is 6.92 Å². The standard InChI is InChI=1S/C15H23N3O3/c1-3-20-14(19)13-11(2)18(17-16-13)12-6-9-21-15(10-12)7-4-5-8-15/h12H,3-10H2,1-2H3. The number of hydrogen-bond donors (Lipinski definition) is 0. The average Bonchev–Trinajstić information content (AvgIpc) is 3.06. The zero-order valence-electron chi connectivity index (χ0n) is 12.8. The minimum absolute atomic E-state index is 0.0331. The van der Waals surface area contributed by atoms with Gasteiger partial charge in [-0.25, -0.2) is 9.48 Å². The predicted octanol–water partition coefficient (Wildman–Crippen LogP) is 2.43. The molecule has 2 heterocycles. The number of carbonyl (C=O) groups is 1. The van der Waals surface area contributed by atoms with Crippen LogP contribution in [-0.4, -0.2) is 39.8 Å². The number of esters is 1. The summed E-state index contributed by atoms with van der Waals surface area (Å²) in [7, 11) is 0. The first kappa shape index (κ1) is 14.5. The molecular formula is C15H23N3O3. The summed E-state index contributed by atoms with van der Waals surface area (Å²) in [6.45, 7) is 4.80. The molecule has 0 aromatic carbocycles. The summed E-state index contributed by atoms with van der Waals surface area (Å²) in [6, 6.07) is 0.271. The molecule has 1 saturated carbocycles. The maximum Gasteiger partial charge on any atom is 0.360 e. The van der Waals surface area contributed by atoms with E-state index in [4.69, 9.17) is 9.47 Å². The van der Waals surface area contributed by atoms with Gasteiger partial charge in [-0.3, -0.25) is 0 Å². The van der Waals surface area contributed by atoms with E-state index in [0.717, 1.165) is 38.0 Å². The van der Waals surface area contributed by atoms with Gasteiger partial charge in [-0.2, -0.15) is 0 Å². The van der Waals surface area contributed by atoms with Crippen LogP contribution in [0.15, 0.2) is 0 Å². The van der Waals surface area contributed by atoms with E-state index >= 15 is 0 Å². The molecule has 2 fully saturated rings. The normalized spacial score (nSPS) is 24.4. The van der Waals surface area contributed by atoms with Crippen molar-refractivity contribution in [1.82, 2.24) is 15.0 Å². The van der Waals surface area contributed by atoms with Crippen LogP contribution in [-0.2, 0) is 9.47 Å². The molecule has 6 heteroatoms. The largest absolute Gasteiger partial charge is 0.461 e. The van der Waals surface area contributed by atoms with Crippen molar-refractivity contribution in [3.63, 3.8) is 0 Å². The van der Waals surface area contributed by atoms with Gasteiger partial charge in [0.05, 0.1) is 23.9 Å². The Morgan fingerprint density at radius 3 is 2.95 bits per heavy atom. The van der Waals surface area contributed by atoms with Gasteiger partial charge in [-0.1, -0.05) is 18.1 Å². The summed E-state index contributed by atoms with van der Waals surface area (Å²) in [5.41, 5.74) is 1.17. The second-order valence-electron chi connectivity index (χ2n) is 6.07. The molecule has 116 valence electrons. The van der Waals surface area contributed by atoms with E-state index in [-0.39, 0.29) is 17.6 Å². The van der Waals surface area contributed by atoms with Gasteiger partial charge in [-0.15, -0.1) is 5.10 Å². The van der Waals surface area contributed by atoms with E-state index in [1.807, 2.05) is 11.6 Å². The summed E-state index contributed by atoms with van der Waals surface area (Å²) < 4.78 is 13.0. The molecule has 1 aromatic heterocycles. The maximum absolute atomic E-state index is 11.8. The Balaban J connectivity index is 1.79. The average molecular weight is 293 g/mol. The number of hydrogen-bond acceptors (Lipinski definition) is 5. The van der Waals surface area contributed by atoms with Gasteiger partial charge in [0.1, 0.15) is 0 Å². The molecule has 1 aromatic rings. The van der Waals surface area contributed by atoms with Gasteiger partial charge >= 0.3 is 5.97 Å². The van der Waals surface area contributed by atoms with Gasteiger partial charge in [0, 0.05) is 6.61 Å². The lowest BCUT2D eigenvalue weighted by Gasteiger charge is -2.38. The first-order chi connectivity index (χ1) is 10.2. The van der Waals surface area contributed by atoms with E-state index in [2.05, 4.69) is 10.3 Å². The smallest absolute Gasteiger partial charge is 0.360 e. The predicted molar refractivity (Wildman–Crippen MR) is 76.1 cm³/mol. The van der Waals surface area contributed by atoms with Crippen LogP contribution in [0.3, 0.4) is 0 Å². The summed E-state index contributed by atoms with van der Waals surface area (Å²) in [5.74, 6) is -0.385. The molecule has 0 amide bonds. The molecule has 0 N–H and O–H groups in total. The molecule has 6 nitrogen and oxygen atoms in total. The van der Waals surface area contributed by atoms with E-state index in [9.17, 15) is 4.79 Å². The van der Waals surface area contributed by atoms with Crippen molar-refractivity contribution in [1.29, 1.82) is 0 Å². The second kappa shape index (κ2) is 5.75. The molecule has 0 bridgehead atoms. The van der Waals surface area contributed by atoms with Crippen LogP contribution < -0.4 is 0 Å². The van der Waals surface area contributed by atoms with Crippen LogP contribution in [0.25, 0.3) is 0 Å². The van der Waals surface area contributed by atoms with Crippen LogP contribution in [0.4, 0.5) is 0 Å². The first-order valence-corrected chi connectivity index (χ1v) is 7.88. The highest BCUT2D eigenvalue weighted by Crippen LogP contribution is 2.43. The molecule has 1 aliphatic carbocycles. The quantitative estimate of drug-likeness (QED) is 0.801. The first-order valence-electron chi connectivity index (χ1n) is 7.88. The van der Waals surface area contributed by atoms with Gasteiger partial charge in [-0.05, 0) is 39.5 Å². The SMILES string of the molecule is CCOC(=O)c1nnn(C2CCOC3(CCCC3)C2)c1C. The number of nitrogens with zero attached hydrogens (tertiary/aromatic N) is 3. The van der Waals surface area contributed by atoms with Crippen LogP contribution in [0.1, 0.15) is 67.7 Å². The van der Waals surface area contributed by atoms with Crippen molar-refractivity contribution in [3.05, 3.63) is 11.4 Å². The van der Waals surface area contributed by atoms with Crippen molar-refractivity contribution >= 4 is 5.97 Å². The van der Waals surface area contributed by atoms with E-state index in [0.29, 0.717) is 12.3 Å². The Labute approximate surface area is 124 Å². The molecule has 2 aliphatic rings. The number of aromatic nitrogens is 3. The topological polar surface area (TPSA) is 66.2 Å². The molecule has 1 spiro atoms. The Morgan fingerprint density at radius 2 is 2.24 bits per heavy atom. The van der Waals surface area contributed by atoms with Crippen LogP contribution >= 0.6 is 0 Å². The minimum atomic E-state index is -0.385. The number of carbonyl (C=O) groups excluding carboxylic acids is 1. The molecule has 1 aliphatic heterocycles. The van der Waals surface area contributed by atoms with Gasteiger partial charge in [0.25, 0.3) is 0 Å². The number of ether oxygens (including phenoxy) is 2. The van der Waals surface area contributed by atoms with Crippen LogP contribution in [0.2, 0.25) is 0 Å². The fourth-order valence-electron chi connectivity index (χ4n) is 3.65. The maximum atomic E-state index is 11.8. The Morgan fingerprint density at radius 1 is 1.48 bits per heavy atom. The second-order valence-corrected chi connectivity index (χ2v) is 6.07. The monoisotopic (exact) mass is 293 g/mol.